The van der Waals surface area contributed by atoms with Gasteiger partial charge in [-0.25, -0.2) is 28.0 Å². The zero-order valence-corrected chi connectivity index (χ0v) is 45.0. The average Bonchev–Trinajstić information content (AvgIpc) is 3.23. The number of anilines is 4. The van der Waals surface area contributed by atoms with Gasteiger partial charge < -0.3 is 45.4 Å². The Kier molecular flexibility index (Phi) is 36.5. The van der Waals surface area contributed by atoms with Crippen LogP contribution < -0.4 is 22.1 Å². The Hall–Kier alpha value is -5.58. The normalized spacial score (nSPS) is 10.4. The quantitative estimate of drug-likeness (QED) is 0.0453. The van der Waals surface area contributed by atoms with Crippen molar-refractivity contribution in [2.75, 3.05) is 32.8 Å². The van der Waals surface area contributed by atoms with E-state index in [0.717, 1.165) is 0 Å². The molecule has 4 rings (SSSR count). The molecule has 0 atom stereocenters. The molecule has 4 aromatic heterocycles. The molecule has 0 aliphatic carbocycles. The van der Waals surface area contributed by atoms with Crippen LogP contribution in [0.3, 0.4) is 0 Å². The van der Waals surface area contributed by atoms with E-state index in [1.54, 1.807) is 114 Å². The minimum absolute atomic E-state index is 0.0420. The summed E-state index contributed by atoms with van der Waals surface area (Å²) in [6.07, 6.45) is 8.71. The smallest absolute Gasteiger partial charge is 0.444 e. The van der Waals surface area contributed by atoms with Crippen molar-refractivity contribution in [1.29, 1.82) is 0 Å². The van der Waals surface area contributed by atoms with Crippen LogP contribution in [-0.4, -0.2) is 87.7 Å². The Morgan fingerprint density at radius 1 is 0.507 bits per heavy atom. The predicted octanol–water partition coefficient (Wildman–Crippen LogP) is 11.8. The van der Waals surface area contributed by atoms with Crippen molar-refractivity contribution in [2.24, 2.45) is 0 Å². The molecule has 2 amide bonds. The number of carbonyl (C=O) groups excluding carboxylic acids is 4. The van der Waals surface area contributed by atoms with Crippen LogP contribution in [-0.2, 0) is 50.2 Å². The number of aliphatic hydroxyl groups is 2. The number of nitrogens with zero attached hydrogens (tertiary/aromatic N) is 4. The molecule has 0 saturated heterocycles. The van der Waals surface area contributed by atoms with E-state index in [-0.39, 0.29) is 23.9 Å². The Morgan fingerprint density at radius 3 is 1.06 bits per heavy atom. The number of ether oxygens (including phenoxy) is 5. The minimum atomic E-state index is -1.06. The molecule has 71 heavy (non-hydrogen) atoms. The molecule has 0 spiro atoms. The summed E-state index contributed by atoms with van der Waals surface area (Å²) in [5.41, 5.74) is 12.2. The van der Waals surface area contributed by atoms with Crippen LogP contribution >= 0.6 is 46.4 Å². The number of nitrogen functional groups attached to an aromatic ring is 2. The van der Waals surface area contributed by atoms with Gasteiger partial charge >= 0.3 is 24.5 Å². The number of pyridine rings is 4. The first kappa shape index (κ1) is 69.7. The lowest BCUT2D eigenvalue weighted by atomic mass is 10.2. The van der Waals surface area contributed by atoms with Crippen molar-refractivity contribution in [3.63, 3.8) is 0 Å². The Morgan fingerprint density at radius 2 is 0.789 bits per heavy atom. The third kappa shape index (κ3) is 40.8. The van der Waals surface area contributed by atoms with Gasteiger partial charge in [0.2, 0.25) is 0 Å². The first-order valence-electron chi connectivity index (χ1n) is 20.8. The van der Waals surface area contributed by atoms with Gasteiger partial charge in [-0.1, -0.05) is 0 Å². The Bertz CT molecular complexity index is 1980. The predicted molar refractivity (Wildman–Crippen MR) is 274 cm³/mol. The van der Waals surface area contributed by atoms with Crippen molar-refractivity contribution in [2.45, 2.75) is 132 Å². The molecule has 4 aromatic rings. The maximum atomic E-state index is 12.5. The number of carbonyl (C=O) groups is 4. The molecule has 25 heteroatoms. The molecular weight excluding hydrogens is 1020 g/mol. The monoisotopic (exact) mass is 1090 g/mol. The number of halogens is 6. The fourth-order valence-electron chi connectivity index (χ4n) is 3.89. The third-order valence-electron chi connectivity index (χ3n) is 6.54. The summed E-state index contributed by atoms with van der Waals surface area (Å²) in [6.45, 7) is 19.2. The van der Waals surface area contributed by atoms with Gasteiger partial charge in [-0.2, -0.15) is 0 Å². The number of nitrogens with one attached hydrogen (secondary N) is 2. The lowest BCUT2D eigenvalue weighted by Crippen LogP contribution is -2.29. The molecule has 19 nitrogen and oxygen atoms in total. The van der Waals surface area contributed by atoms with Crippen LogP contribution in [0.15, 0.2) is 73.8 Å². The number of alkyl halides is 6. The number of rotatable bonds is 6. The van der Waals surface area contributed by atoms with Gasteiger partial charge in [-0.3, -0.25) is 30.6 Å². The van der Waals surface area contributed by atoms with Crippen LogP contribution in [0.25, 0.3) is 0 Å². The van der Waals surface area contributed by atoms with Crippen molar-refractivity contribution < 1.29 is 61.9 Å². The second kappa shape index (κ2) is 37.2. The first-order chi connectivity index (χ1) is 32.8. The van der Waals surface area contributed by atoms with E-state index in [1.165, 1.54) is 43.2 Å². The van der Waals surface area contributed by atoms with Gasteiger partial charge in [0.15, 0.2) is 0 Å². The van der Waals surface area contributed by atoms with Crippen molar-refractivity contribution in [3.8, 4) is 0 Å². The maximum Gasteiger partial charge on any atom is 0.519 e. The number of aliphatic hydroxyl groups excluding tert-OH is 2. The van der Waals surface area contributed by atoms with Gasteiger partial charge in [-0.05, 0) is 107 Å². The summed E-state index contributed by atoms with van der Waals surface area (Å²) in [5.74, 6) is 0. The average molecular weight is 1090 g/mol. The largest absolute Gasteiger partial charge is 0.519 e. The number of hydrogen-bond acceptors (Lipinski definition) is 17. The summed E-state index contributed by atoms with van der Waals surface area (Å²) in [4.78, 5) is 60.0. The third-order valence-corrected chi connectivity index (χ3v) is 6.54. The van der Waals surface area contributed by atoms with Crippen molar-refractivity contribution in [1.82, 2.24) is 19.9 Å². The van der Waals surface area contributed by atoms with Crippen molar-refractivity contribution >= 4 is 93.7 Å². The number of nitrogens with two attached hydrogens (primary N) is 2. The van der Waals surface area contributed by atoms with Gasteiger partial charge in [0.25, 0.3) is 0 Å². The zero-order valence-electron chi connectivity index (χ0n) is 42.0. The fraction of sp³-hybridized carbons (Fsp3) is 0.478. The lowest BCUT2D eigenvalue weighted by Gasteiger charge is -2.20. The molecular formula is C46H68Cl4F2N8O11. The van der Waals surface area contributed by atoms with E-state index in [9.17, 15) is 28.0 Å². The Balaban J connectivity index is -0.000000803. The highest BCUT2D eigenvalue weighted by molar-refractivity contribution is 6.41. The lowest BCUT2D eigenvalue weighted by molar-refractivity contribution is -0.0294. The highest BCUT2D eigenvalue weighted by Crippen LogP contribution is 2.18. The van der Waals surface area contributed by atoms with Gasteiger partial charge in [0, 0.05) is 83.2 Å². The van der Waals surface area contributed by atoms with E-state index < -0.39 is 60.3 Å². The van der Waals surface area contributed by atoms with Gasteiger partial charge in [0.05, 0.1) is 35.3 Å². The summed E-state index contributed by atoms with van der Waals surface area (Å²) >= 11 is 19.1. The summed E-state index contributed by atoms with van der Waals surface area (Å²) < 4.78 is 48.3. The molecule has 0 saturated carbocycles. The first-order valence-corrected chi connectivity index (χ1v) is 22.9. The molecule has 0 unspecified atom stereocenters. The molecule has 0 aliphatic heterocycles. The molecule has 4 heterocycles. The minimum Gasteiger partial charge on any atom is -0.444 e. The van der Waals surface area contributed by atoms with E-state index in [1.807, 2.05) is 0 Å². The van der Waals surface area contributed by atoms with Gasteiger partial charge in [0.1, 0.15) is 35.8 Å². The number of hydrogen-bond donors (Lipinski definition) is 6. The zero-order chi connectivity index (χ0) is 55.4. The van der Waals surface area contributed by atoms with Crippen LogP contribution in [0.4, 0.5) is 50.7 Å². The highest BCUT2D eigenvalue weighted by atomic mass is 35.5. The van der Waals surface area contributed by atoms with Crippen LogP contribution in [0.5, 0.6) is 0 Å². The van der Waals surface area contributed by atoms with Gasteiger partial charge in [-0.15, -0.1) is 46.4 Å². The molecule has 0 fully saturated rings. The SMILES string of the molecule is CC(C)(C)OC(=O)Nc1ccncc1CF.CC(C)(C)OC(=O)Nc1ccncc1CO.CC(C)(C)OC(=O)OC(=O)OC(C)(C)C.ClCCl.ClCCl.Nc1ccncc1CF.Nc1ccncc1CO. The molecule has 0 aromatic carbocycles. The van der Waals surface area contributed by atoms with E-state index >= 15 is 0 Å². The van der Waals surface area contributed by atoms with Crippen LogP contribution in [0.1, 0.15) is 105 Å². The second-order valence-corrected chi connectivity index (χ2v) is 18.9. The second-order valence-electron chi connectivity index (χ2n) is 17.3. The highest BCUT2D eigenvalue weighted by Gasteiger charge is 2.24. The molecule has 0 aliphatic rings. The van der Waals surface area contributed by atoms with E-state index in [0.29, 0.717) is 45.0 Å². The summed E-state index contributed by atoms with van der Waals surface area (Å²) in [6, 6.07) is 6.37. The molecule has 8 N–H and O–H groups in total. The number of amides is 2. The van der Waals surface area contributed by atoms with Crippen molar-refractivity contribution in [3.05, 3.63) is 96.1 Å². The standard InChI is InChI=1S/C11H15FN2O2.C11H16N2O3.C10H18O5.C6H7FN2.C6H8N2O.2CH2Cl2/c1-11(2,3)16-10(15)14-9-4-5-13-7-8(9)6-12;1-11(2,3)16-10(15)13-9-4-5-12-6-8(9)7-14;1-9(2,3)14-7(11)13-8(12)15-10(4,5)6;7-3-5-4-9-2-1-6(5)8;7-6-1-2-8-3-5(6)4-9;2*2-1-3/h4-5,7H,6H2,1-3H3,(H,13,14,15);4-6,14H,7H2,1-3H3,(H,12,13,15);1-6H3;1-2,4H,3H2,(H2,8,9);1-3,9H,4H2,(H2,7,8);2*1H2. The van der Waals surface area contributed by atoms with E-state index in [4.69, 9.17) is 87.0 Å². The van der Waals surface area contributed by atoms with Crippen LogP contribution in [0, 0.1) is 0 Å². The topological polar surface area (TPSA) is 283 Å². The molecule has 400 valence electrons. The number of aromatic nitrogens is 4. The van der Waals surface area contributed by atoms with E-state index in [2.05, 4.69) is 35.3 Å². The summed E-state index contributed by atoms with van der Waals surface area (Å²) in [5, 5.41) is 23.1. The molecule has 0 bridgehead atoms. The summed E-state index contributed by atoms with van der Waals surface area (Å²) in [7, 11) is 0. The fourth-order valence-corrected chi connectivity index (χ4v) is 3.89. The Labute approximate surface area is 434 Å². The molecule has 0 radical (unpaired) electrons. The maximum absolute atomic E-state index is 12.5. The van der Waals surface area contributed by atoms with Crippen LogP contribution in [0.2, 0.25) is 0 Å².